The number of rotatable bonds is 8. The molecule has 0 aliphatic heterocycles. The third kappa shape index (κ3) is 8.43. The molecule has 0 atom stereocenters. The molecule has 0 radical (unpaired) electrons. The molecule has 0 bridgehead atoms. The van der Waals surface area contributed by atoms with Gasteiger partial charge in [0, 0.05) is 20.1 Å². The standard InChI is InChI=1S/C21H34N2O4/c1-8-26-18(24)15-23(14-17-12-10-9-11-13-17)16-21(5,6)22(7)19(25)27-20(2,3)4/h9-13H,8,14-16H2,1-7H3. The van der Waals surface area contributed by atoms with Crippen LogP contribution in [0.1, 0.15) is 47.1 Å². The van der Waals surface area contributed by atoms with E-state index in [4.69, 9.17) is 9.47 Å². The number of amides is 1. The highest BCUT2D eigenvalue weighted by molar-refractivity contribution is 5.71. The summed E-state index contributed by atoms with van der Waals surface area (Å²) < 4.78 is 10.6. The van der Waals surface area contributed by atoms with Crippen molar-refractivity contribution in [3.8, 4) is 0 Å². The van der Waals surface area contributed by atoms with E-state index in [2.05, 4.69) is 0 Å². The Morgan fingerprint density at radius 3 is 2.15 bits per heavy atom. The Kier molecular flexibility index (Phi) is 8.28. The maximum Gasteiger partial charge on any atom is 0.410 e. The molecular formula is C21H34N2O4. The molecule has 1 rings (SSSR count). The van der Waals surface area contributed by atoms with E-state index < -0.39 is 11.1 Å². The van der Waals surface area contributed by atoms with Gasteiger partial charge in [0.05, 0.1) is 18.7 Å². The quantitative estimate of drug-likeness (QED) is 0.646. The molecule has 0 unspecified atom stereocenters. The predicted octanol–water partition coefficient (Wildman–Crippen LogP) is 3.70. The molecule has 6 nitrogen and oxygen atoms in total. The van der Waals surface area contributed by atoms with Crippen LogP contribution in [0.2, 0.25) is 0 Å². The lowest BCUT2D eigenvalue weighted by atomic mass is 10.0. The first-order valence-corrected chi connectivity index (χ1v) is 9.33. The van der Waals surface area contributed by atoms with Gasteiger partial charge in [0.15, 0.2) is 0 Å². The number of carbonyl (C=O) groups excluding carboxylic acids is 2. The molecule has 0 aromatic heterocycles. The highest BCUT2D eigenvalue weighted by Gasteiger charge is 2.33. The first-order valence-electron chi connectivity index (χ1n) is 9.33. The minimum absolute atomic E-state index is 0.161. The molecular weight excluding hydrogens is 344 g/mol. The lowest BCUT2D eigenvalue weighted by Gasteiger charge is -2.40. The van der Waals surface area contributed by atoms with Crippen LogP contribution in [-0.2, 0) is 20.8 Å². The summed E-state index contributed by atoms with van der Waals surface area (Å²) in [5.74, 6) is -0.274. The van der Waals surface area contributed by atoms with E-state index in [0.29, 0.717) is 19.7 Å². The van der Waals surface area contributed by atoms with Crippen molar-refractivity contribution in [3.63, 3.8) is 0 Å². The number of carbonyl (C=O) groups is 2. The summed E-state index contributed by atoms with van der Waals surface area (Å²) in [6.07, 6.45) is -0.386. The van der Waals surface area contributed by atoms with E-state index in [-0.39, 0.29) is 18.6 Å². The maximum atomic E-state index is 12.5. The van der Waals surface area contributed by atoms with E-state index in [1.54, 1.807) is 18.9 Å². The summed E-state index contributed by atoms with van der Waals surface area (Å²) in [5, 5.41) is 0. The summed E-state index contributed by atoms with van der Waals surface area (Å²) in [7, 11) is 1.72. The number of ether oxygens (including phenoxy) is 2. The van der Waals surface area contributed by atoms with Crippen LogP contribution in [0.25, 0.3) is 0 Å². The van der Waals surface area contributed by atoms with Gasteiger partial charge in [-0.05, 0) is 47.1 Å². The number of nitrogens with zero attached hydrogens (tertiary/aromatic N) is 2. The van der Waals surface area contributed by atoms with Gasteiger partial charge in [0.2, 0.25) is 0 Å². The predicted molar refractivity (Wildman–Crippen MR) is 106 cm³/mol. The molecule has 1 aromatic carbocycles. The summed E-state index contributed by atoms with van der Waals surface area (Å²) in [6.45, 7) is 12.8. The Labute approximate surface area is 163 Å². The van der Waals surface area contributed by atoms with Crippen molar-refractivity contribution in [1.82, 2.24) is 9.80 Å². The van der Waals surface area contributed by atoms with Crippen LogP contribution in [0, 0.1) is 0 Å². The van der Waals surface area contributed by atoms with Crippen molar-refractivity contribution in [3.05, 3.63) is 35.9 Å². The fraction of sp³-hybridized carbons (Fsp3) is 0.619. The molecule has 1 amide bonds. The van der Waals surface area contributed by atoms with Gasteiger partial charge in [-0.25, -0.2) is 4.79 Å². The number of benzene rings is 1. The van der Waals surface area contributed by atoms with Crippen LogP contribution in [0.3, 0.4) is 0 Å². The van der Waals surface area contributed by atoms with Crippen LogP contribution in [0.4, 0.5) is 4.79 Å². The SMILES string of the molecule is CCOC(=O)CN(Cc1ccccc1)CC(C)(C)N(C)C(=O)OC(C)(C)C. The normalized spacial score (nSPS) is 12.0. The average Bonchev–Trinajstić information content (AvgIpc) is 2.53. The fourth-order valence-corrected chi connectivity index (χ4v) is 2.63. The van der Waals surface area contributed by atoms with Crippen LogP contribution in [0.15, 0.2) is 30.3 Å². The summed E-state index contributed by atoms with van der Waals surface area (Å²) in [5.41, 5.74) is -0.00261. The second-order valence-electron chi connectivity index (χ2n) is 8.29. The Bertz CT molecular complexity index is 608. The van der Waals surface area contributed by atoms with Crippen molar-refractivity contribution in [2.24, 2.45) is 0 Å². The molecule has 0 spiro atoms. The first kappa shape index (κ1) is 23.0. The molecule has 0 heterocycles. The Morgan fingerprint density at radius 2 is 1.63 bits per heavy atom. The zero-order chi connectivity index (χ0) is 20.7. The van der Waals surface area contributed by atoms with Crippen LogP contribution >= 0.6 is 0 Å². The minimum atomic E-state index is -0.559. The summed E-state index contributed by atoms with van der Waals surface area (Å²) >= 11 is 0. The second-order valence-corrected chi connectivity index (χ2v) is 8.29. The third-order valence-electron chi connectivity index (χ3n) is 4.09. The third-order valence-corrected chi connectivity index (χ3v) is 4.09. The molecule has 6 heteroatoms. The lowest BCUT2D eigenvalue weighted by Crippen LogP contribution is -2.54. The molecule has 0 saturated carbocycles. The number of hydrogen-bond donors (Lipinski definition) is 0. The van der Waals surface area contributed by atoms with Gasteiger partial charge in [-0.2, -0.15) is 0 Å². The van der Waals surface area contributed by atoms with Crippen molar-refractivity contribution < 1.29 is 19.1 Å². The molecule has 0 N–H and O–H groups in total. The van der Waals surface area contributed by atoms with Gasteiger partial charge >= 0.3 is 12.1 Å². The smallest absolute Gasteiger partial charge is 0.410 e. The van der Waals surface area contributed by atoms with Crippen molar-refractivity contribution in [1.29, 1.82) is 0 Å². The second kappa shape index (κ2) is 9.74. The van der Waals surface area contributed by atoms with Gasteiger partial charge in [-0.3, -0.25) is 9.69 Å². The summed E-state index contributed by atoms with van der Waals surface area (Å²) in [6, 6.07) is 9.93. The maximum absolute atomic E-state index is 12.5. The van der Waals surface area contributed by atoms with Gasteiger partial charge in [0.25, 0.3) is 0 Å². The number of likely N-dealkylation sites (N-methyl/N-ethyl adjacent to an activating group) is 1. The van der Waals surface area contributed by atoms with E-state index >= 15 is 0 Å². The minimum Gasteiger partial charge on any atom is -0.465 e. The van der Waals surface area contributed by atoms with Crippen molar-refractivity contribution >= 4 is 12.1 Å². The van der Waals surface area contributed by atoms with E-state index in [9.17, 15) is 9.59 Å². The topological polar surface area (TPSA) is 59.1 Å². The molecule has 1 aromatic rings. The molecule has 152 valence electrons. The molecule has 0 aliphatic carbocycles. The number of hydrogen-bond acceptors (Lipinski definition) is 5. The van der Waals surface area contributed by atoms with Gasteiger partial charge < -0.3 is 14.4 Å². The Morgan fingerprint density at radius 1 is 1.04 bits per heavy atom. The molecule has 0 fully saturated rings. The molecule has 0 aliphatic rings. The van der Waals surface area contributed by atoms with E-state index in [1.807, 2.05) is 69.9 Å². The average molecular weight is 379 g/mol. The zero-order valence-corrected chi connectivity index (χ0v) is 17.7. The zero-order valence-electron chi connectivity index (χ0n) is 17.7. The Hall–Kier alpha value is -2.08. The van der Waals surface area contributed by atoms with Gasteiger partial charge in [-0.15, -0.1) is 0 Å². The lowest BCUT2D eigenvalue weighted by molar-refractivity contribution is -0.144. The van der Waals surface area contributed by atoms with E-state index in [1.165, 1.54) is 0 Å². The largest absolute Gasteiger partial charge is 0.465 e. The van der Waals surface area contributed by atoms with Crippen molar-refractivity contribution in [2.45, 2.75) is 59.2 Å². The molecule has 27 heavy (non-hydrogen) atoms. The highest BCUT2D eigenvalue weighted by Crippen LogP contribution is 2.20. The highest BCUT2D eigenvalue weighted by atomic mass is 16.6. The first-order chi connectivity index (χ1) is 12.4. The van der Waals surface area contributed by atoms with Gasteiger partial charge in [0.1, 0.15) is 5.60 Å². The van der Waals surface area contributed by atoms with Crippen LogP contribution < -0.4 is 0 Å². The number of esters is 1. The monoisotopic (exact) mass is 378 g/mol. The molecule has 0 saturated heterocycles. The summed E-state index contributed by atoms with van der Waals surface area (Å²) in [4.78, 5) is 28.1. The van der Waals surface area contributed by atoms with Crippen LogP contribution in [-0.4, -0.2) is 59.7 Å². The van der Waals surface area contributed by atoms with E-state index in [0.717, 1.165) is 5.56 Å². The van der Waals surface area contributed by atoms with Gasteiger partial charge in [-0.1, -0.05) is 30.3 Å². The van der Waals surface area contributed by atoms with Crippen LogP contribution in [0.5, 0.6) is 0 Å². The van der Waals surface area contributed by atoms with Crippen molar-refractivity contribution in [2.75, 3.05) is 26.7 Å². The Balaban J connectivity index is 2.90. The fourth-order valence-electron chi connectivity index (χ4n) is 2.63.